The largest absolute Gasteiger partial charge is 0.396 e. The Morgan fingerprint density at radius 1 is 1.38 bits per heavy atom. The van der Waals surface area contributed by atoms with Gasteiger partial charge in [0.25, 0.3) is 5.89 Å². The molecule has 1 aliphatic rings. The van der Waals surface area contributed by atoms with Crippen LogP contribution in [0.1, 0.15) is 24.2 Å². The summed E-state index contributed by atoms with van der Waals surface area (Å²) in [5, 5.41) is 13.4. The highest BCUT2D eigenvalue weighted by atomic mass is 16.5. The van der Waals surface area contributed by atoms with Gasteiger partial charge in [0.1, 0.15) is 0 Å². The second-order valence-electron chi connectivity index (χ2n) is 5.76. The average Bonchev–Trinajstić information content (AvgIpc) is 2.96. The lowest BCUT2D eigenvalue weighted by molar-refractivity contribution is 0.113. The van der Waals surface area contributed by atoms with Gasteiger partial charge in [-0.25, -0.2) is 0 Å². The zero-order chi connectivity index (χ0) is 14.7. The Kier molecular flexibility index (Phi) is 4.31. The first kappa shape index (κ1) is 14.2. The number of rotatable bonds is 4. The van der Waals surface area contributed by atoms with Crippen molar-refractivity contribution in [2.45, 2.75) is 26.3 Å². The number of aryl methyl sites for hydroxylation is 1. The van der Waals surface area contributed by atoms with E-state index in [2.05, 4.69) is 15.0 Å². The minimum absolute atomic E-state index is 0.261. The van der Waals surface area contributed by atoms with Crippen LogP contribution in [0, 0.1) is 12.8 Å². The van der Waals surface area contributed by atoms with Gasteiger partial charge >= 0.3 is 0 Å². The van der Waals surface area contributed by atoms with Crippen LogP contribution in [0.15, 0.2) is 28.8 Å². The molecule has 1 unspecified atom stereocenters. The number of piperidine rings is 1. The Morgan fingerprint density at radius 3 is 3.05 bits per heavy atom. The van der Waals surface area contributed by atoms with Crippen LogP contribution in [-0.4, -0.2) is 39.8 Å². The molecule has 1 aromatic carbocycles. The van der Waals surface area contributed by atoms with E-state index in [-0.39, 0.29) is 6.61 Å². The quantitative estimate of drug-likeness (QED) is 0.934. The Hall–Kier alpha value is -1.72. The number of aliphatic hydroxyl groups is 1. The summed E-state index contributed by atoms with van der Waals surface area (Å²) in [6, 6.07) is 8.01. The van der Waals surface area contributed by atoms with Crippen LogP contribution in [0.2, 0.25) is 0 Å². The van der Waals surface area contributed by atoms with E-state index < -0.39 is 0 Å². The minimum atomic E-state index is 0.261. The number of aliphatic hydroxyl groups excluding tert-OH is 1. The molecule has 0 amide bonds. The van der Waals surface area contributed by atoms with Crippen LogP contribution >= 0.6 is 0 Å². The molecular weight excluding hydrogens is 266 g/mol. The lowest BCUT2D eigenvalue weighted by atomic mass is 9.99. The molecule has 0 radical (unpaired) electrons. The van der Waals surface area contributed by atoms with Crippen molar-refractivity contribution in [3.63, 3.8) is 0 Å². The van der Waals surface area contributed by atoms with E-state index in [9.17, 15) is 5.11 Å². The van der Waals surface area contributed by atoms with E-state index >= 15 is 0 Å². The number of likely N-dealkylation sites (tertiary alicyclic amines) is 1. The van der Waals surface area contributed by atoms with Crippen molar-refractivity contribution in [1.82, 2.24) is 15.0 Å². The maximum atomic E-state index is 9.28. The number of hydrogen-bond acceptors (Lipinski definition) is 5. The third-order valence-corrected chi connectivity index (χ3v) is 4.07. The van der Waals surface area contributed by atoms with Crippen molar-refractivity contribution < 1.29 is 9.63 Å². The van der Waals surface area contributed by atoms with Crippen molar-refractivity contribution in [2.24, 2.45) is 5.92 Å². The van der Waals surface area contributed by atoms with Gasteiger partial charge in [0.15, 0.2) is 5.82 Å². The fraction of sp³-hybridized carbons (Fsp3) is 0.500. The van der Waals surface area contributed by atoms with Crippen LogP contribution in [0.3, 0.4) is 0 Å². The summed E-state index contributed by atoms with van der Waals surface area (Å²) >= 11 is 0. The molecule has 0 spiro atoms. The number of nitrogens with zero attached hydrogens (tertiary/aromatic N) is 3. The lowest BCUT2D eigenvalue weighted by Gasteiger charge is -2.30. The highest BCUT2D eigenvalue weighted by Crippen LogP contribution is 2.22. The highest BCUT2D eigenvalue weighted by molar-refractivity contribution is 5.57. The molecule has 1 atom stereocenters. The highest BCUT2D eigenvalue weighted by Gasteiger charge is 2.21. The third kappa shape index (κ3) is 3.31. The molecule has 1 fully saturated rings. The van der Waals surface area contributed by atoms with E-state index in [4.69, 9.17) is 4.52 Å². The lowest BCUT2D eigenvalue weighted by Crippen LogP contribution is -2.36. The van der Waals surface area contributed by atoms with E-state index in [1.54, 1.807) is 0 Å². The molecule has 0 bridgehead atoms. The molecule has 3 rings (SSSR count). The second kappa shape index (κ2) is 6.37. The Balaban J connectivity index is 1.69. The normalized spacial score (nSPS) is 19.8. The summed E-state index contributed by atoms with van der Waals surface area (Å²) in [6.45, 7) is 4.92. The van der Waals surface area contributed by atoms with Gasteiger partial charge in [-0.2, -0.15) is 4.98 Å². The van der Waals surface area contributed by atoms with Gasteiger partial charge in [-0.15, -0.1) is 0 Å². The molecule has 1 N–H and O–H groups in total. The Bertz CT molecular complexity index is 597. The molecule has 112 valence electrons. The van der Waals surface area contributed by atoms with Crippen molar-refractivity contribution in [3.8, 4) is 11.5 Å². The van der Waals surface area contributed by atoms with Crippen LogP contribution in [0.4, 0.5) is 0 Å². The predicted octanol–water partition coefficient (Wildman–Crippen LogP) is 2.25. The Labute approximate surface area is 124 Å². The van der Waals surface area contributed by atoms with Gasteiger partial charge in [-0.3, -0.25) is 4.90 Å². The van der Waals surface area contributed by atoms with E-state index in [0.29, 0.717) is 24.2 Å². The zero-order valence-electron chi connectivity index (χ0n) is 12.3. The third-order valence-electron chi connectivity index (χ3n) is 4.07. The summed E-state index contributed by atoms with van der Waals surface area (Å²) in [5.41, 5.74) is 2.12. The molecule has 0 saturated carbocycles. The van der Waals surface area contributed by atoms with Crippen molar-refractivity contribution in [1.29, 1.82) is 0 Å². The molecular formula is C16H21N3O2. The van der Waals surface area contributed by atoms with Crippen molar-refractivity contribution in [3.05, 3.63) is 35.7 Å². The van der Waals surface area contributed by atoms with Crippen LogP contribution < -0.4 is 0 Å². The molecule has 21 heavy (non-hydrogen) atoms. The first-order chi connectivity index (χ1) is 10.3. The number of hydrogen-bond donors (Lipinski definition) is 1. The summed E-state index contributed by atoms with van der Waals surface area (Å²) in [6.07, 6.45) is 2.22. The predicted molar refractivity (Wildman–Crippen MR) is 79.6 cm³/mol. The van der Waals surface area contributed by atoms with E-state index in [0.717, 1.165) is 37.1 Å². The molecule has 2 aromatic rings. The molecule has 2 heterocycles. The number of aromatic nitrogens is 2. The van der Waals surface area contributed by atoms with Crippen molar-refractivity contribution in [2.75, 3.05) is 19.7 Å². The van der Waals surface area contributed by atoms with E-state index in [1.807, 2.05) is 31.2 Å². The van der Waals surface area contributed by atoms with Gasteiger partial charge in [0.2, 0.25) is 0 Å². The fourth-order valence-electron chi connectivity index (χ4n) is 2.88. The maximum Gasteiger partial charge on any atom is 0.258 e. The average molecular weight is 287 g/mol. The molecule has 1 aliphatic heterocycles. The second-order valence-corrected chi connectivity index (χ2v) is 5.76. The smallest absolute Gasteiger partial charge is 0.258 e. The molecule has 5 nitrogen and oxygen atoms in total. The van der Waals surface area contributed by atoms with Gasteiger partial charge in [0.05, 0.1) is 6.54 Å². The fourth-order valence-corrected chi connectivity index (χ4v) is 2.88. The van der Waals surface area contributed by atoms with Gasteiger partial charge in [-0.05, 0) is 43.9 Å². The van der Waals surface area contributed by atoms with Gasteiger partial charge in [0, 0.05) is 18.7 Å². The van der Waals surface area contributed by atoms with Crippen LogP contribution in [0.25, 0.3) is 11.5 Å². The molecule has 1 saturated heterocycles. The zero-order valence-corrected chi connectivity index (χ0v) is 12.3. The van der Waals surface area contributed by atoms with Crippen LogP contribution in [0.5, 0.6) is 0 Å². The van der Waals surface area contributed by atoms with Gasteiger partial charge < -0.3 is 9.63 Å². The molecule has 1 aromatic heterocycles. The molecule has 5 heteroatoms. The Morgan fingerprint density at radius 2 is 2.24 bits per heavy atom. The standard InChI is InChI=1S/C16H21N3O2/c1-12-5-2-3-7-14(12)16-17-15(18-21-16)10-19-8-4-6-13(9-19)11-20/h2-3,5,7,13,20H,4,6,8-11H2,1H3. The minimum Gasteiger partial charge on any atom is -0.396 e. The SMILES string of the molecule is Cc1ccccc1-c1nc(CN2CCCC(CO)C2)no1. The van der Waals surface area contributed by atoms with Gasteiger partial charge in [-0.1, -0.05) is 23.4 Å². The number of benzene rings is 1. The summed E-state index contributed by atoms with van der Waals surface area (Å²) < 4.78 is 5.39. The first-order valence-electron chi connectivity index (χ1n) is 7.48. The van der Waals surface area contributed by atoms with Crippen LogP contribution in [-0.2, 0) is 6.54 Å². The first-order valence-corrected chi connectivity index (χ1v) is 7.48. The topological polar surface area (TPSA) is 62.4 Å². The molecule has 0 aliphatic carbocycles. The summed E-state index contributed by atoms with van der Waals surface area (Å²) in [5.74, 6) is 1.67. The van der Waals surface area contributed by atoms with Crippen molar-refractivity contribution >= 4 is 0 Å². The summed E-state index contributed by atoms with van der Waals surface area (Å²) in [7, 11) is 0. The van der Waals surface area contributed by atoms with E-state index in [1.165, 1.54) is 0 Å². The summed E-state index contributed by atoms with van der Waals surface area (Å²) in [4.78, 5) is 6.79. The monoisotopic (exact) mass is 287 g/mol. The maximum absolute atomic E-state index is 9.28.